The summed E-state index contributed by atoms with van der Waals surface area (Å²) < 4.78 is 0. The summed E-state index contributed by atoms with van der Waals surface area (Å²) in [4.78, 5) is 39.9. The third kappa shape index (κ3) is 3.69. The Kier molecular flexibility index (Phi) is 5.51. The number of carbonyl (C=O) groups excluding carboxylic acids is 2. The van der Waals surface area contributed by atoms with Crippen LogP contribution in [0, 0.1) is 5.92 Å². The fourth-order valence-electron chi connectivity index (χ4n) is 4.22. The highest BCUT2D eigenvalue weighted by molar-refractivity contribution is 6.09. The maximum Gasteiger partial charge on any atom is 0.306 e. The van der Waals surface area contributed by atoms with Crippen molar-refractivity contribution in [1.29, 1.82) is 0 Å². The monoisotopic (exact) mass is 373 g/mol. The van der Waals surface area contributed by atoms with E-state index in [-0.39, 0.29) is 23.9 Å². The van der Waals surface area contributed by atoms with Gasteiger partial charge in [-0.15, -0.1) is 0 Å². The molecule has 7 heteroatoms. The second kappa shape index (κ2) is 7.68. The van der Waals surface area contributed by atoms with Gasteiger partial charge in [-0.25, -0.2) is 0 Å². The number of aliphatic carboxylic acids is 1. The van der Waals surface area contributed by atoms with E-state index in [2.05, 4.69) is 4.90 Å². The van der Waals surface area contributed by atoms with Gasteiger partial charge in [-0.05, 0) is 44.4 Å². The van der Waals surface area contributed by atoms with Crippen LogP contribution in [0.4, 0.5) is 0 Å². The first-order valence-electron chi connectivity index (χ1n) is 9.51. The van der Waals surface area contributed by atoms with Crippen LogP contribution in [0.5, 0.6) is 0 Å². The number of nitrogens with two attached hydrogens (primary N) is 1. The van der Waals surface area contributed by atoms with Gasteiger partial charge in [0.2, 0.25) is 5.91 Å². The fraction of sp³-hybridized carbons (Fsp3) is 0.550. The van der Waals surface area contributed by atoms with E-state index in [1.165, 1.54) is 0 Å². The van der Waals surface area contributed by atoms with E-state index in [9.17, 15) is 14.4 Å². The van der Waals surface area contributed by atoms with E-state index in [1.54, 1.807) is 19.1 Å². The summed E-state index contributed by atoms with van der Waals surface area (Å²) in [6, 6.07) is 5.33. The van der Waals surface area contributed by atoms with Crippen LogP contribution in [0.25, 0.3) is 0 Å². The molecule has 2 atom stereocenters. The van der Waals surface area contributed by atoms with Crippen LogP contribution < -0.4 is 5.73 Å². The maximum atomic E-state index is 13.0. The average molecular weight is 373 g/mol. The number of hydrogen-bond donors (Lipinski definition) is 2. The van der Waals surface area contributed by atoms with Crippen molar-refractivity contribution in [2.45, 2.75) is 45.2 Å². The molecule has 0 radical (unpaired) electrons. The van der Waals surface area contributed by atoms with E-state index in [0.717, 1.165) is 38.0 Å². The summed E-state index contributed by atoms with van der Waals surface area (Å²) in [6.45, 7) is 6.16. The molecule has 1 aromatic carbocycles. The number of piperidine rings is 1. The highest BCUT2D eigenvalue weighted by atomic mass is 16.4. The first-order chi connectivity index (χ1) is 12.8. The molecule has 1 saturated heterocycles. The Hall–Kier alpha value is -2.41. The third-order valence-corrected chi connectivity index (χ3v) is 5.93. The molecule has 146 valence electrons. The van der Waals surface area contributed by atoms with Crippen molar-refractivity contribution in [3.63, 3.8) is 0 Å². The quantitative estimate of drug-likeness (QED) is 0.792. The number of likely N-dealkylation sites (tertiary alicyclic amines) is 1. The number of primary amides is 1. The minimum Gasteiger partial charge on any atom is -0.481 e. The van der Waals surface area contributed by atoms with Crippen molar-refractivity contribution in [2.75, 3.05) is 19.6 Å². The van der Waals surface area contributed by atoms with Gasteiger partial charge in [-0.1, -0.05) is 19.1 Å². The molecule has 2 heterocycles. The lowest BCUT2D eigenvalue weighted by Gasteiger charge is -2.39. The molecule has 0 saturated carbocycles. The zero-order valence-corrected chi connectivity index (χ0v) is 15.9. The molecule has 0 aliphatic carbocycles. The molecule has 2 amide bonds. The fourth-order valence-corrected chi connectivity index (χ4v) is 4.22. The second-order valence-electron chi connectivity index (χ2n) is 7.62. The number of carbonyl (C=O) groups is 3. The van der Waals surface area contributed by atoms with Crippen molar-refractivity contribution in [2.24, 2.45) is 11.7 Å². The van der Waals surface area contributed by atoms with E-state index < -0.39 is 11.9 Å². The van der Waals surface area contributed by atoms with Gasteiger partial charge in [0.1, 0.15) is 0 Å². The zero-order valence-electron chi connectivity index (χ0n) is 15.9. The molecule has 0 bridgehead atoms. The van der Waals surface area contributed by atoms with Crippen LogP contribution in [-0.4, -0.2) is 58.4 Å². The molecule has 2 aliphatic heterocycles. The Morgan fingerprint density at radius 1 is 1.30 bits per heavy atom. The molecule has 3 rings (SSSR count). The smallest absolute Gasteiger partial charge is 0.306 e. The predicted octanol–water partition coefficient (Wildman–Crippen LogP) is 1.88. The summed E-state index contributed by atoms with van der Waals surface area (Å²) in [5.74, 6) is -1.78. The van der Waals surface area contributed by atoms with Crippen molar-refractivity contribution in [1.82, 2.24) is 9.80 Å². The summed E-state index contributed by atoms with van der Waals surface area (Å²) in [5.41, 5.74) is 7.08. The Labute approximate surface area is 159 Å². The molecule has 3 N–H and O–H groups in total. The number of carboxylic acids is 1. The minimum atomic E-state index is -0.760. The number of fused-ring (bicyclic) bond motifs is 1. The lowest BCUT2D eigenvalue weighted by Crippen LogP contribution is -2.46. The summed E-state index contributed by atoms with van der Waals surface area (Å²) in [6.07, 6.45) is 2.32. The van der Waals surface area contributed by atoms with Crippen molar-refractivity contribution >= 4 is 17.8 Å². The van der Waals surface area contributed by atoms with Crippen molar-refractivity contribution < 1.29 is 19.5 Å². The lowest BCUT2D eigenvalue weighted by atomic mass is 9.99. The molecule has 0 aromatic heterocycles. The van der Waals surface area contributed by atoms with Gasteiger partial charge < -0.3 is 20.6 Å². The molecular formula is C20H27N3O4. The Balaban J connectivity index is 1.65. The first-order valence-corrected chi connectivity index (χ1v) is 9.51. The Bertz CT molecular complexity index is 756. The highest BCUT2D eigenvalue weighted by Gasteiger charge is 2.41. The molecule has 0 spiro atoms. The minimum absolute atomic E-state index is 0.0737. The van der Waals surface area contributed by atoms with E-state index in [4.69, 9.17) is 10.8 Å². The number of rotatable bonds is 6. The number of carboxylic acid groups (broad SMARTS) is 1. The Morgan fingerprint density at radius 2 is 1.96 bits per heavy atom. The van der Waals surface area contributed by atoms with E-state index >= 15 is 0 Å². The second-order valence-corrected chi connectivity index (χ2v) is 7.62. The topological polar surface area (TPSA) is 104 Å². The van der Waals surface area contributed by atoms with Crippen molar-refractivity contribution in [3.05, 3.63) is 34.9 Å². The standard InChI is InChI=1S/C20H27N3O4/c1-12(20(26)27)6-9-22-10-7-14(8-11-22)23-13(2)15-4-3-5-16(18(21)24)17(15)19(23)25/h3-5,12-14H,6-11H2,1-2H3,(H2,21,24)(H,26,27). The van der Waals surface area contributed by atoms with Gasteiger partial charge in [0.15, 0.2) is 0 Å². The van der Waals surface area contributed by atoms with Crippen molar-refractivity contribution in [3.8, 4) is 0 Å². The molecule has 7 nitrogen and oxygen atoms in total. The number of nitrogens with zero attached hydrogens (tertiary/aromatic N) is 2. The van der Waals surface area contributed by atoms with Crippen LogP contribution in [0.1, 0.15) is 65.4 Å². The van der Waals surface area contributed by atoms with Crippen LogP contribution in [0.3, 0.4) is 0 Å². The van der Waals surface area contributed by atoms with Gasteiger partial charge in [-0.3, -0.25) is 14.4 Å². The highest BCUT2D eigenvalue weighted by Crippen LogP contribution is 2.38. The molecule has 2 unspecified atom stereocenters. The predicted molar refractivity (Wildman–Crippen MR) is 100 cm³/mol. The third-order valence-electron chi connectivity index (χ3n) is 5.93. The summed E-state index contributed by atoms with van der Waals surface area (Å²) >= 11 is 0. The maximum absolute atomic E-state index is 13.0. The molecule has 1 fully saturated rings. The SMILES string of the molecule is CC(CCN1CCC(N2C(=O)c3c(C(N)=O)cccc3C2C)CC1)C(=O)O. The summed E-state index contributed by atoms with van der Waals surface area (Å²) in [5, 5.41) is 9.01. The number of amides is 2. The Morgan fingerprint density at radius 3 is 2.56 bits per heavy atom. The van der Waals surface area contributed by atoms with Crippen LogP contribution in [-0.2, 0) is 4.79 Å². The number of hydrogen-bond acceptors (Lipinski definition) is 4. The molecule has 1 aromatic rings. The molecule has 2 aliphatic rings. The largest absolute Gasteiger partial charge is 0.481 e. The van der Waals surface area contributed by atoms with Crippen LogP contribution in [0.2, 0.25) is 0 Å². The van der Waals surface area contributed by atoms with Crippen LogP contribution in [0.15, 0.2) is 18.2 Å². The summed E-state index contributed by atoms with van der Waals surface area (Å²) in [7, 11) is 0. The van der Waals surface area contributed by atoms with Crippen LogP contribution >= 0.6 is 0 Å². The van der Waals surface area contributed by atoms with Gasteiger partial charge in [-0.2, -0.15) is 0 Å². The average Bonchev–Trinajstić information content (AvgIpc) is 2.91. The van der Waals surface area contributed by atoms with Gasteiger partial charge in [0.25, 0.3) is 5.91 Å². The lowest BCUT2D eigenvalue weighted by molar-refractivity contribution is -0.141. The van der Waals surface area contributed by atoms with E-state index in [0.29, 0.717) is 17.5 Å². The van der Waals surface area contributed by atoms with Gasteiger partial charge >= 0.3 is 5.97 Å². The van der Waals surface area contributed by atoms with Gasteiger partial charge in [0, 0.05) is 19.1 Å². The van der Waals surface area contributed by atoms with Gasteiger partial charge in [0.05, 0.1) is 23.1 Å². The zero-order chi connectivity index (χ0) is 19.7. The molecule has 27 heavy (non-hydrogen) atoms. The van der Waals surface area contributed by atoms with E-state index in [1.807, 2.05) is 17.9 Å². The first kappa shape index (κ1) is 19.4. The number of benzene rings is 1. The molecular weight excluding hydrogens is 346 g/mol. The normalized spacial score (nSPS) is 21.9.